The summed E-state index contributed by atoms with van der Waals surface area (Å²) in [5.74, 6) is 0.996. The van der Waals surface area contributed by atoms with Gasteiger partial charge >= 0.3 is 0 Å². The van der Waals surface area contributed by atoms with Crippen LogP contribution in [0.1, 0.15) is 24.9 Å². The number of benzene rings is 1. The van der Waals surface area contributed by atoms with Gasteiger partial charge in [-0.05, 0) is 24.6 Å². The molecule has 2 atom stereocenters. The van der Waals surface area contributed by atoms with Gasteiger partial charge in [-0.2, -0.15) is 0 Å². The highest BCUT2D eigenvalue weighted by Gasteiger charge is 2.20. The Morgan fingerprint density at radius 3 is 2.81 bits per heavy atom. The van der Waals surface area contributed by atoms with Crippen LogP contribution in [0.3, 0.4) is 0 Å². The molecule has 0 fully saturated rings. The Morgan fingerprint density at radius 2 is 2.19 bits per heavy atom. The normalized spacial score (nSPS) is 21.4. The fourth-order valence-corrected chi connectivity index (χ4v) is 1.68. The first-order chi connectivity index (χ1) is 7.65. The van der Waals surface area contributed by atoms with Crippen molar-refractivity contribution >= 4 is 5.90 Å². The van der Waals surface area contributed by atoms with E-state index < -0.39 is 0 Å². The molecule has 0 saturated carbocycles. The van der Waals surface area contributed by atoms with Crippen LogP contribution in [0.2, 0.25) is 0 Å². The number of phenolic OH excluding ortho intramolecular Hbond substituents is 1. The third kappa shape index (κ3) is 2.52. The molecule has 0 radical (unpaired) electrons. The van der Waals surface area contributed by atoms with Crippen molar-refractivity contribution in [1.29, 1.82) is 0 Å². The highest BCUT2D eigenvalue weighted by molar-refractivity contribution is 5.78. The lowest BCUT2D eigenvalue weighted by Gasteiger charge is -2.04. The van der Waals surface area contributed by atoms with E-state index >= 15 is 0 Å². The first-order valence-electron chi connectivity index (χ1n) is 5.39. The summed E-state index contributed by atoms with van der Waals surface area (Å²) in [5.41, 5.74) is 6.74. The van der Waals surface area contributed by atoms with E-state index in [1.807, 2.05) is 19.1 Å². The molecule has 1 aromatic carbocycles. The molecular weight excluding hydrogens is 204 g/mol. The van der Waals surface area contributed by atoms with Gasteiger partial charge in [-0.3, -0.25) is 0 Å². The Morgan fingerprint density at radius 1 is 1.50 bits per heavy atom. The van der Waals surface area contributed by atoms with Crippen molar-refractivity contribution in [2.75, 3.05) is 6.61 Å². The molecule has 86 valence electrons. The van der Waals surface area contributed by atoms with Gasteiger partial charge in [0.1, 0.15) is 18.4 Å². The maximum atomic E-state index is 9.19. The van der Waals surface area contributed by atoms with E-state index in [9.17, 15) is 5.11 Å². The summed E-state index contributed by atoms with van der Waals surface area (Å²) < 4.78 is 5.47. The minimum absolute atomic E-state index is 0.0364. The molecule has 0 aliphatic carbocycles. The van der Waals surface area contributed by atoms with Crippen LogP contribution in [0.25, 0.3) is 0 Å². The first-order valence-corrected chi connectivity index (χ1v) is 5.39. The predicted molar refractivity (Wildman–Crippen MR) is 62.5 cm³/mol. The van der Waals surface area contributed by atoms with Crippen molar-refractivity contribution in [3.05, 3.63) is 29.8 Å². The molecule has 0 amide bonds. The summed E-state index contributed by atoms with van der Waals surface area (Å²) in [4.78, 5) is 4.46. The Labute approximate surface area is 94.8 Å². The molecule has 0 bridgehead atoms. The molecule has 3 N–H and O–H groups in total. The SMILES string of the molecule is CC(N)CC1=NC(c2ccc(O)cc2)CO1. The van der Waals surface area contributed by atoms with Gasteiger partial charge in [-0.15, -0.1) is 0 Å². The van der Waals surface area contributed by atoms with Crippen LogP contribution in [0.5, 0.6) is 5.75 Å². The number of rotatable bonds is 3. The van der Waals surface area contributed by atoms with Crippen LogP contribution >= 0.6 is 0 Å². The summed E-state index contributed by atoms with van der Waals surface area (Å²) in [6.07, 6.45) is 0.675. The van der Waals surface area contributed by atoms with Gasteiger partial charge in [0.2, 0.25) is 0 Å². The van der Waals surface area contributed by atoms with Crippen LogP contribution in [0.15, 0.2) is 29.3 Å². The number of phenols is 1. The molecule has 2 rings (SSSR count). The lowest BCUT2D eigenvalue weighted by atomic mass is 10.1. The van der Waals surface area contributed by atoms with E-state index in [0.717, 1.165) is 11.5 Å². The third-order valence-electron chi connectivity index (χ3n) is 2.48. The molecule has 0 spiro atoms. The van der Waals surface area contributed by atoms with Crippen molar-refractivity contribution in [2.45, 2.75) is 25.4 Å². The van der Waals surface area contributed by atoms with Gasteiger partial charge in [0.15, 0.2) is 5.90 Å². The van der Waals surface area contributed by atoms with Gasteiger partial charge in [0.25, 0.3) is 0 Å². The average molecular weight is 220 g/mol. The van der Waals surface area contributed by atoms with Crippen molar-refractivity contribution in [3.63, 3.8) is 0 Å². The Balaban J connectivity index is 2.07. The average Bonchev–Trinajstić information content (AvgIpc) is 2.66. The molecular formula is C12H16N2O2. The van der Waals surface area contributed by atoms with E-state index in [2.05, 4.69) is 4.99 Å². The van der Waals surface area contributed by atoms with Crippen LogP contribution in [0.4, 0.5) is 0 Å². The molecule has 1 aliphatic heterocycles. The van der Waals surface area contributed by atoms with Crippen molar-refractivity contribution in [3.8, 4) is 5.75 Å². The van der Waals surface area contributed by atoms with E-state index in [0.29, 0.717) is 13.0 Å². The minimum Gasteiger partial charge on any atom is -0.508 e. The zero-order valence-corrected chi connectivity index (χ0v) is 9.26. The number of aliphatic imine (C=N–C) groups is 1. The van der Waals surface area contributed by atoms with Crippen molar-refractivity contribution in [2.24, 2.45) is 10.7 Å². The number of hydrogen-bond acceptors (Lipinski definition) is 4. The zero-order chi connectivity index (χ0) is 11.5. The second-order valence-electron chi connectivity index (χ2n) is 4.12. The van der Waals surface area contributed by atoms with E-state index in [4.69, 9.17) is 10.5 Å². The van der Waals surface area contributed by atoms with Gasteiger partial charge in [0.05, 0.1) is 0 Å². The van der Waals surface area contributed by atoms with Gasteiger partial charge < -0.3 is 15.6 Å². The Bertz CT molecular complexity index is 385. The van der Waals surface area contributed by atoms with Crippen LogP contribution in [-0.4, -0.2) is 23.7 Å². The van der Waals surface area contributed by atoms with Crippen LogP contribution in [-0.2, 0) is 4.74 Å². The molecule has 16 heavy (non-hydrogen) atoms. The fourth-order valence-electron chi connectivity index (χ4n) is 1.68. The second kappa shape index (κ2) is 4.53. The number of ether oxygens (including phenoxy) is 1. The first kappa shape index (κ1) is 11.0. The number of aromatic hydroxyl groups is 1. The smallest absolute Gasteiger partial charge is 0.185 e. The lowest BCUT2D eigenvalue weighted by molar-refractivity contribution is 0.309. The van der Waals surface area contributed by atoms with Crippen LogP contribution in [0, 0.1) is 0 Å². The topological polar surface area (TPSA) is 67.8 Å². The van der Waals surface area contributed by atoms with Crippen LogP contribution < -0.4 is 5.73 Å². The van der Waals surface area contributed by atoms with Crippen molar-refractivity contribution in [1.82, 2.24) is 0 Å². The van der Waals surface area contributed by atoms with E-state index in [-0.39, 0.29) is 17.8 Å². The maximum Gasteiger partial charge on any atom is 0.185 e. The van der Waals surface area contributed by atoms with E-state index in [1.54, 1.807) is 12.1 Å². The summed E-state index contributed by atoms with van der Waals surface area (Å²) in [7, 11) is 0. The highest BCUT2D eigenvalue weighted by Crippen LogP contribution is 2.25. The molecule has 1 aliphatic rings. The summed E-state index contributed by atoms with van der Waals surface area (Å²) in [6.45, 7) is 2.49. The maximum absolute atomic E-state index is 9.19. The number of hydrogen-bond donors (Lipinski definition) is 2. The molecule has 4 nitrogen and oxygen atoms in total. The minimum atomic E-state index is 0.0364. The molecule has 1 aromatic rings. The number of nitrogens with zero attached hydrogens (tertiary/aromatic N) is 1. The monoisotopic (exact) mass is 220 g/mol. The Hall–Kier alpha value is -1.55. The largest absolute Gasteiger partial charge is 0.508 e. The molecule has 4 heteroatoms. The number of nitrogens with two attached hydrogens (primary N) is 1. The molecule has 1 heterocycles. The summed E-state index contributed by atoms with van der Waals surface area (Å²) >= 11 is 0. The van der Waals surface area contributed by atoms with Gasteiger partial charge in [-0.25, -0.2) is 4.99 Å². The molecule has 0 aromatic heterocycles. The predicted octanol–water partition coefficient (Wildman–Crippen LogP) is 1.60. The van der Waals surface area contributed by atoms with Gasteiger partial charge in [-0.1, -0.05) is 12.1 Å². The standard InChI is InChI=1S/C12H16N2O2/c1-8(13)6-12-14-11(7-16-12)9-2-4-10(15)5-3-9/h2-5,8,11,15H,6-7,13H2,1H3. The zero-order valence-electron chi connectivity index (χ0n) is 9.26. The van der Waals surface area contributed by atoms with Gasteiger partial charge in [0, 0.05) is 12.5 Å². The Kier molecular flexibility index (Phi) is 3.10. The fraction of sp³-hybridized carbons (Fsp3) is 0.417. The second-order valence-corrected chi connectivity index (χ2v) is 4.12. The lowest BCUT2D eigenvalue weighted by Crippen LogP contribution is -2.19. The molecule has 2 unspecified atom stereocenters. The highest BCUT2D eigenvalue weighted by atomic mass is 16.5. The summed E-state index contributed by atoms with van der Waals surface area (Å²) in [5, 5.41) is 9.19. The van der Waals surface area contributed by atoms with Crippen molar-refractivity contribution < 1.29 is 9.84 Å². The molecule has 0 saturated heterocycles. The van der Waals surface area contributed by atoms with E-state index in [1.165, 1.54) is 0 Å². The quantitative estimate of drug-likeness (QED) is 0.813. The third-order valence-corrected chi connectivity index (χ3v) is 2.48. The summed E-state index contributed by atoms with van der Waals surface area (Å²) in [6, 6.07) is 7.15.